The largest absolute Gasteiger partial charge is 0.491 e. The van der Waals surface area contributed by atoms with Crippen LogP contribution in [0.1, 0.15) is 11.4 Å². The molecule has 0 aliphatic carbocycles. The van der Waals surface area contributed by atoms with Gasteiger partial charge in [0.05, 0.1) is 19.9 Å². The molecular formula is C16H16N4O. The Morgan fingerprint density at radius 1 is 1.19 bits per heavy atom. The fourth-order valence-electron chi connectivity index (χ4n) is 2.13. The summed E-state index contributed by atoms with van der Waals surface area (Å²) in [6.45, 7) is 2.62. The highest BCUT2D eigenvalue weighted by Gasteiger charge is 2.07. The van der Waals surface area contributed by atoms with Crippen molar-refractivity contribution in [3.05, 3.63) is 47.9 Å². The van der Waals surface area contributed by atoms with Crippen LogP contribution in [0.2, 0.25) is 0 Å². The molecule has 2 heterocycles. The molecule has 3 rings (SSSR count). The molecule has 0 amide bonds. The van der Waals surface area contributed by atoms with Crippen LogP contribution in [0.5, 0.6) is 5.75 Å². The molecule has 5 heteroatoms. The van der Waals surface area contributed by atoms with Gasteiger partial charge >= 0.3 is 0 Å². The Kier molecular flexibility index (Phi) is 3.64. The van der Waals surface area contributed by atoms with Crippen LogP contribution in [0.3, 0.4) is 0 Å². The first-order valence-corrected chi connectivity index (χ1v) is 6.71. The summed E-state index contributed by atoms with van der Waals surface area (Å²) < 4.78 is 5.26. The molecule has 1 aliphatic heterocycles. The van der Waals surface area contributed by atoms with E-state index in [1.54, 1.807) is 13.3 Å². The maximum atomic E-state index is 5.26. The quantitative estimate of drug-likeness (QED) is 0.935. The first-order valence-electron chi connectivity index (χ1n) is 6.71. The highest BCUT2D eigenvalue weighted by molar-refractivity contribution is 6.11. The number of aryl methyl sites for hydroxylation is 1. The van der Waals surface area contributed by atoms with Crippen LogP contribution in [0.15, 0.2) is 41.5 Å². The standard InChI is InChI=1S/C16H16N4O/c1-11-18-10-15(21-2)16(19-11)20-14-5-3-12(4-6-14)13-7-8-17-9-13/h3-7,9-10H,8H2,1-2H3,(H,18,19,20). The molecule has 0 bridgehead atoms. The van der Waals surface area contributed by atoms with Gasteiger partial charge in [0.2, 0.25) is 0 Å². The van der Waals surface area contributed by atoms with E-state index in [1.165, 1.54) is 0 Å². The van der Waals surface area contributed by atoms with Crippen molar-refractivity contribution in [2.75, 3.05) is 19.0 Å². The van der Waals surface area contributed by atoms with Gasteiger partial charge in [-0.2, -0.15) is 0 Å². The molecule has 0 spiro atoms. The molecule has 1 N–H and O–H groups in total. The molecule has 5 nitrogen and oxygen atoms in total. The van der Waals surface area contributed by atoms with Crippen molar-refractivity contribution in [1.82, 2.24) is 9.97 Å². The Balaban J connectivity index is 1.82. The molecule has 2 aromatic rings. The van der Waals surface area contributed by atoms with Gasteiger partial charge in [-0.15, -0.1) is 0 Å². The van der Waals surface area contributed by atoms with E-state index < -0.39 is 0 Å². The van der Waals surface area contributed by atoms with Crippen molar-refractivity contribution < 1.29 is 4.74 Å². The van der Waals surface area contributed by atoms with Crippen molar-refractivity contribution in [3.63, 3.8) is 0 Å². The Labute approximate surface area is 123 Å². The van der Waals surface area contributed by atoms with E-state index in [4.69, 9.17) is 4.74 Å². The molecule has 1 aromatic heterocycles. The number of nitrogens with zero attached hydrogens (tertiary/aromatic N) is 3. The van der Waals surface area contributed by atoms with E-state index in [0.29, 0.717) is 17.4 Å². The second-order valence-electron chi connectivity index (χ2n) is 4.69. The Bertz CT molecular complexity index is 705. The predicted molar refractivity (Wildman–Crippen MR) is 84.4 cm³/mol. The minimum Gasteiger partial charge on any atom is -0.491 e. The van der Waals surface area contributed by atoms with Gasteiger partial charge in [0.25, 0.3) is 0 Å². The molecule has 0 radical (unpaired) electrons. The number of nitrogens with one attached hydrogen (secondary N) is 1. The lowest BCUT2D eigenvalue weighted by atomic mass is 10.1. The zero-order chi connectivity index (χ0) is 14.7. The number of hydrogen-bond acceptors (Lipinski definition) is 5. The van der Waals surface area contributed by atoms with Gasteiger partial charge in [0.15, 0.2) is 11.6 Å². The normalized spacial score (nSPS) is 13.1. The fraction of sp³-hybridized carbons (Fsp3) is 0.188. The van der Waals surface area contributed by atoms with Crippen LogP contribution in [-0.4, -0.2) is 29.8 Å². The Morgan fingerprint density at radius 2 is 2.00 bits per heavy atom. The number of ether oxygens (including phenoxy) is 1. The molecule has 0 saturated carbocycles. The summed E-state index contributed by atoms with van der Waals surface area (Å²) in [7, 11) is 1.61. The number of aliphatic imine (C=N–C) groups is 1. The molecular weight excluding hydrogens is 264 g/mol. The lowest BCUT2D eigenvalue weighted by Gasteiger charge is -2.10. The number of aromatic nitrogens is 2. The monoisotopic (exact) mass is 280 g/mol. The number of hydrogen-bond donors (Lipinski definition) is 1. The van der Waals surface area contributed by atoms with Crippen LogP contribution in [-0.2, 0) is 0 Å². The van der Waals surface area contributed by atoms with Gasteiger partial charge < -0.3 is 10.1 Å². The summed E-state index contributed by atoms with van der Waals surface area (Å²) in [6, 6.07) is 8.15. The number of rotatable bonds is 4. The van der Waals surface area contributed by atoms with Gasteiger partial charge in [-0.25, -0.2) is 9.97 Å². The van der Waals surface area contributed by atoms with Crippen LogP contribution < -0.4 is 10.1 Å². The van der Waals surface area contributed by atoms with E-state index in [2.05, 4.69) is 38.5 Å². The van der Waals surface area contributed by atoms with Gasteiger partial charge in [0, 0.05) is 11.9 Å². The Hall–Kier alpha value is -2.69. The molecule has 1 aliphatic rings. The summed E-state index contributed by atoms with van der Waals surface area (Å²) in [5.74, 6) is 1.98. The van der Waals surface area contributed by atoms with Gasteiger partial charge in [0.1, 0.15) is 5.82 Å². The number of methoxy groups -OCH3 is 1. The van der Waals surface area contributed by atoms with Gasteiger partial charge in [-0.05, 0) is 30.2 Å². The molecule has 0 unspecified atom stereocenters. The first kappa shape index (κ1) is 13.3. The molecule has 0 fully saturated rings. The highest BCUT2D eigenvalue weighted by Crippen LogP contribution is 2.25. The highest BCUT2D eigenvalue weighted by atomic mass is 16.5. The van der Waals surface area contributed by atoms with Gasteiger partial charge in [-0.1, -0.05) is 18.2 Å². The van der Waals surface area contributed by atoms with Crippen LogP contribution >= 0.6 is 0 Å². The molecule has 1 aromatic carbocycles. The summed E-state index contributed by atoms with van der Waals surface area (Å²) in [5, 5.41) is 3.25. The average Bonchev–Trinajstić information content (AvgIpc) is 3.03. The maximum absolute atomic E-state index is 5.26. The molecule has 0 saturated heterocycles. The Morgan fingerprint density at radius 3 is 2.67 bits per heavy atom. The summed E-state index contributed by atoms with van der Waals surface area (Å²) in [6.07, 6.45) is 5.68. The van der Waals surface area contributed by atoms with Crippen LogP contribution in [0.25, 0.3) is 5.57 Å². The van der Waals surface area contributed by atoms with Crippen molar-refractivity contribution in [2.24, 2.45) is 4.99 Å². The summed E-state index contributed by atoms with van der Waals surface area (Å²) in [4.78, 5) is 12.7. The van der Waals surface area contributed by atoms with E-state index in [1.807, 2.05) is 25.3 Å². The first-order chi connectivity index (χ1) is 10.3. The second kappa shape index (κ2) is 5.75. The SMILES string of the molecule is COc1cnc(C)nc1Nc1ccc(C2=CCN=C2)cc1. The predicted octanol–water partition coefficient (Wildman–Crippen LogP) is 3.01. The van der Waals surface area contributed by atoms with Crippen LogP contribution in [0.4, 0.5) is 11.5 Å². The molecule has 106 valence electrons. The average molecular weight is 280 g/mol. The van der Waals surface area contributed by atoms with E-state index in [9.17, 15) is 0 Å². The van der Waals surface area contributed by atoms with Crippen LogP contribution in [0, 0.1) is 6.92 Å². The number of anilines is 2. The van der Waals surface area contributed by atoms with Gasteiger partial charge in [-0.3, -0.25) is 4.99 Å². The molecule has 0 atom stereocenters. The van der Waals surface area contributed by atoms with E-state index in [0.717, 1.165) is 23.4 Å². The fourth-order valence-corrected chi connectivity index (χ4v) is 2.13. The smallest absolute Gasteiger partial charge is 0.179 e. The second-order valence-corrected chi connectivity index (χ2v) is 4.69. The van der Waals surface area contributed by atoms with Crippen molar-refractivity contribution in [2.45, 2.75) is 6.92 Å². The summed E-state index contributed by atoms with van der Waals surface area (Å²) >= 11 is 0. The topological polar surface area (TPSA) is 59.4 Å². The minimum absolute atomic E-state index is 0.621. The van der Waals surface area contributed by atoms with E-state index >= 15 is 0 Å². The van der Waals surface area contributed by atoms with Crippen molar-refractivity contribution >= 4 is 23.3 Å². The maximum Gasteiger partial charge on any atom is 0.179 e. The summed E-state index contributed by atoms with van der Waals surface area (Å²) in [5.41, 5.74) is 3.27. The lowest BCUT2D eigenvalue weighted by Crippen LogP contribution is -2.00. The third kappa shape index (κ3) is 2.91. The lowest BCUT2D eigenvalue weighted by molar-refractivity contribution is 0.412. The number of benzene rings is 1. The molecule has 21 heavy (non-hydrogen) atoms. The number of allylic oxidation sites excluding steroid dienone is 1. The minimum atomic E-state index is 0.621. The third-order valence-corrected chi connectivity index (χ3v) is 3.22. The van der Waals surface area contributed by atoms with Crippen molar-refractivity contribution in [3.8, 4) is 5.75 Å². The zero-order valence-corrected chi connectivity index (χ0v) is 12.0. The third-order valence-electron chi connectivity index (χ3n) is 3.22. The van der Waals surface area contributed by atoms with Crippen molar-refractivity contribution in [1.29, 1.82) is 0 Å². The zero-order valence-electron chi connectivity index (χ0n) is 12.0. The van der Waals surface area contributed by atoms with E-state index in [-0.39, 0.29) is 0 Å².